The fourth-order valence-electron chi connectivity index (χ4n) is 2.36. The van der Waals surface area contributed by atoms with Gasteiger partial charge in [0.1, 0.15) is 4.61 Å². The van der Waals surface area contributed by atoms with E-state index >= 15 is 0 Å². The highest BCUT2D eigenvalue weighted by molar-refractivity contribution is 14.1. The van der Waals surface area contributed by atoms with Crippen LogP contribution >= 0.6 is 22.6 Å². The van der Waals surface area contributed by atoms with Crippen molar-refractivity contribution in [1.29, 1.82) is 0 Å². The van der Waals surface area contributed by atoms with E-state index in [9.17, 15) is 14.4 Å². The van der Waals surface area contributed by atoms with Crippen LogP contribution in [0, 0.1) is 11.8 Å². The first-order valence-electron chi connectivity index (χ1n) is 7.93. The molecule has 0 fully saturated rings. The Kier molecular flexibility index (Phi) is 9.13. The molecular formula is C18H24INO4. The average molecular weight is 445 g/mol. The maximum atomic E-state index is 12.5. The SMILES string of the molecule is CC(CC(=O)C(NCC(=O)c1ccccc1)C(C)C)C(=O)OCI. The Hall–Kier alpha value is -1.28. The van der Waals surface area contributed by atoms with Gasteiger partial charge in [-0.2, -0.15) is 0 Å². The summed E-state index contributed by atoms with van der Waals surface area (Å²) in [5.74, 6) is -0.982. The van der Waals surface area contributed by atoms with Gasteiger partial charge in [0.2, 0.25) is 0 Å². The first-order valence-corrected chi connectivity index (χ1v) is 9.46. The van der Waals surface area contributed by atoms with Crippen LogP contribution in [0.15, 0.2) is 30.3 Å². The van der Waals surface area contributed by atoms with Gasteiger partial charge in [-0.05, 0) is 28.5 Å². The van der Waals surface area contributed by atoms with Gasteiger partial charge in [0.05, 0.1) is 18.5 Å². The van der Waals surface area contributed by atoms with Crippen LogP contribution < -0.4 is 5.32 Å². The highest BCUT2D eigenvalue weighted by Gasteiger charge is 2.26. The topological polar surface area (TPSA) is 72.5 Å². The van der Waals surface area contributed by atoms with Crippen LogP contribution in [0.1, 0.15) is 37.6 Å². The van der Waals surface area contributed by atoms with Crippen molar-refractivity contribution < 1.29 is 19.1 Å². The Morgan fingerprint density at radius 2 is 1.75 bits per heavy atom. The summed E-state index contributed by atoms with van der Waals surface area (Å²) in [5, 5.41) is 3.04. The molecule has 5 nitrogen and oxygen atoms in total. The molecule has 24 heavy (non-hydrogen) atoms. The van der Waals surface area contributed by atoms with Gasteiger partial charge < -0.3 is 10.1 Å². The van der Waals surface area contributed by atoms with Gasteiger partial charge in [0.15, 0.2) is 11.6 Å². The molecule has 1 N–H and O–H groups in total. The van der Waals surface area contributed by atoms with Crippen LogP contribution in [0.5, 0.6) is 0 Å². The Morgan fingerprint density at radius 3 is 2.29 bits per heavy atom. The van der Waals surface area contributed by atoms with E-state index in [1.807, 2.05) is 42.5 Å². The van der Waals surface area contributed by atoms with Crippen LogP contribution in [-0.2, 0) is 14.3 Å². The van der Waals surface area contributed by atoms with Gasteiger partial charge in [-0.15, -0.1) is 0 Å². The second-order valence-electron chi connectivity index (χ2n) is 6.04. The molecule has 2 unspecified atom stereocenters. The van der Waals surface area contributed by atoms with E-state index in [0.29, 0.717) is 5.56 Å². The summed E-state index contributed by atoms with van der Waals surface area (Å²) in [7, 11) is 0. The quantitative estimate of drug-likeness (QED) is 0.260. The second kappa shape index (κ2) is 10.6. The molecule has 0 saturated heterocycles. The summed E-state index contributed by atoms with van der Waals surface area (Å²) in [4.78, 5) is 36.3. The molecule has 1 aromatic carbocycles. The van der Waals surface area contributed by atoms with Gasteiger partial charge in [-0.1, -0.05) is 51.1 Å². The third-order valence-corrected chi connectivity index (χ3v) is 4.01. The number of nitrogens with one attached hydrogen (secondary N) is 1. The number of hydrogen-bond acceptors (Lipinski definition) is 5. The minimum atomic E-state index is -0.486. The van der Waals surface area contributed by atoms with Crippen molar-refractivity contribution in [2.75, 3.05) is 11.2 Å². The molecule has 0 radical (unpaired) electrons. The average Bonchev–Trinajstić information content (AvgIpc) is 2.55. The highest BCUT2D eigenvalue weighted by atomic mass is 127. The molecule has 132 valence electrons. The van der Waals surface area contributed by atoms with Crippen molar-refractivity contribution in [2.45, 2.75) is 33.2 Å². The zero-order chi connectivity index (χ0) is 18.1. The number of carbonyl (C=O) groups excluding carboxylic acids is 3. The lowest BCUT2D eigenvalue weighted by Gasteiger charge is -2.22. The predicted octanol–water partition coefficient (Wildman–Crippen LogP) is 3.01. The number of rotatable bonds is 10. The Morgan fingerprint density at radius 1 is 1.12 bits per heavy atom. The van der Waals surface area contributed by atoms with E-state index in [1.165, 1.54) is 0 Å². The van der Waals surface area contributed by atoms with Crippen LogP contribution in [0.2, 0.25) is 0 Å². The molecule has 0 aliphatic rings. The summed E-state index contributed by atoms with van der Waals surface area (Å²) in [6.07, 6.45) is 0.102. The standard InChI is InChI=1S/C18H24INO4/c1-12(2)17(15(21)9-13(3)18(23)24-11-19)20-10-16(22)14-7-5-4-6-8-14/h4-8,12-13,17,20H,9-11H2,1-3H3. The van der Waals surface area contributed by atoms with E-state index < -0.39 is 12.0 Å². The first kappa shape index (κ1) is 20.8. The molecule has 0 aliphatic heterocycles. The summed E-state index contributed by atoms with van der Waals surface area (Å²) < 4.78 is 5.19. The van der Waals surface area contributed by atoms with Crippen molar-refractivity contribution in [1.82, 2.24) is 5.32 Å². The fourth-order valence-corrected chi connectivity index (χ4v) is 2.67. The molecule has 0 amide bonds. The molecule has 2 atom stereocenters. The smallest absolute Gasteiger partial charge is 0.309 e. The lowest BCUT2D eigenvalue weighted by Crippen LogP contribution is -2.44. The van der Waals surface area contributed by atoms with Crippen LogP contribution in [-0.4, -0.2) is 34.7 Å². The zero-order valence-corrected chi connectivity index (χ0v) is 16.4. The van der Waals surface area contributed by atoms with E-state index in [4.69, 9.17) is 4.74 Å². The number of ether oxygens (including phenoxy) is 1. The van der Waals surface area contributed by atoms with Crippen molar-refractivity contribution in [3.8, 4) is 0 Å². The number of halogens is 1. The molecule has 1 aromatic rings. The number of carbonyl (C=O) groups is 3. The third-order valence-electron chi connectivity index (χ3n) is 3.70. The first-order chi connectivity index (χ1) is 11.4. The number of esters is 1. The van der Waals surface area contributed by atoms with E-state index in [2.05, 4.69) is 5.32 Å². The maximum Gasteiger partial charge on any atom is 0.309 e. The van der Waals surface area contributed by atoms with Crippen molar-refractivity contribution in [3.63, 3.8) is 0 Å². The van der Waals surface area contributed by atoms with Crippen LogP contribution in [0.4, 0.5) is 0 Å². The van der Waals surface area contributed by atoms with Gasteiger partial charge >= 0.3 is 5.97 Å². The normalized spacial score (nSPS) is 13.4. The summed E-state index contributed by atoms with van der Waals surface area (Å²) >= 11 is 1.94. The number of hydrogen-bond donors (Lipinski definition) is 1. The molecule has 0 aromatic heterocycles. The number of ketones is 2. The van der Waals surface area contributed by atoms with Crippen molar-refractivity contribution in [3.05, 3.63) is 35.9 Å². The summed E-state index contributed by atoms with van der Waals surface area (Å²) in [5.41, 5.74) is 0.610. The largest absolute Gasteiger partial charge is 0.455 e. The van der Waals surface area contributed by atoms with E-state index in [-0.39, 0.29) is 41.0 Å². The molecule has 1 rings (SSSR count). The fraction of sp³-hybridized carbons (Fsp3) is 0.500. The Labute approximate surface area is 156 Å². The summed E-state index contributed by atoms with van der Waals surface area (Å²) in [6, 6.07) is 8.49. The van der Waals surface area contributed by atoms with Gasteiger partial charge in [0.25, 0.3) is 0 Å². The van der Waals surface area contributed by atoms with Gasteiger partial charge in [-0.25, -0.2) is 0 Å². The number of alkyl halides is 1. The number of benzene rings is 1. The monoisotopic (exact) mass is 445 g/mol. The molecular weight excluding hydrogens is 421 g/mol. The maximum absolute atomic E-state index is 12.5. The van der Waals surface area contributed by atoms with Crippen molar-refractivity contribution in [2.24, 2.45) is 11.8 Å². The minimum absolute atomic E-state index is 0.0221. The molecule has 6 heteroatoms. The van der Waals surface area contributed by atoms with Gasteiger partial charge in [-0.3, -0.25) is 14.4 Å². The predicted molar refractivity (Wildman–Crippen MR) is 101 cm³/mol. The van der Waals surface area contributed by atoms with Gasteiger partial charge in [0, 0.05) is 12.0 Å². The lowest BCUT2D eigenvalue weighted by atomic mass is 9.93. The zero-order valence-electron chi connectivity index (χ0n) is 14.3. The van der Waals surface area contributed by atoms with E-state index in [1.54, 1.807) is 31.2 Å². The summed E-state index contributed by atoms with van der Waals surface area (Å²) in [6.45, 7) is 5.59. The van der Waals surface area contributed by atoms with E-state index in [0.717, 1.165) is 0 Å². The molecule has 0 saturated carbocycles. The van der Waals surface area contributed by atoms with Crippen LogP contribution in [0.25, 0.3) is 0 Å². The molecule has 0 bridgehead atoms. The Balaban J connectivity index is 2.61. The molecule has 0 spiro atoms. The molecule has 0 aliphatic carbocycles. The number of Topliss-reactive ketones (excluding diaryl/α,β-unsaturated/α-hetero) is 2. The third kappa shape index (κ3) is 6.68. The minimum Gasteiger partial charge on any atom is -0.455 e. The van der Waals surface area contributed by atoms with Crippen LogP contribution in [0.3, 0.4) is 0 Å². The lowest BCUT2D eigenvalue weighted by molar-refractivity contribution is -0.147. The second-order valence-corrected chi connectivity index (χ2v) is 6.66. The highest BCUT2D eigenvalue weighted by Crippen LogP contribution is 2.13. The Bertz CT molecular complexity index is 559. The van der Waals surface area contributed by atoms with Crippen molar-refractivity contribution >= 4 is 40.1 Å². The molecule has 0 heterocycles.